The molecule has 0 unspecified atom stereocenters. The molecular formula is C23H23N3O. The summed E-state index contributed by atoms with van der Waals surface area (Å²) in [4.78, 5) is 7.71. The van der Waals surface area contributed by atoms with Crippen molar-refractivity contribution in [1.29, 1.82) is 0 Å². The Bertz CT molecular complexity index is 1020. The van der Waals surface area contributed by atoms with Crippen molar-refractivity contribution >= 4 is 10.9 Å². The van der Waals surface area contributed by atoms with E-state index < -0.39 is 0 Å². The summed E-state index contributed by atoms with van der Waals surface area (Å²) in [6, 6.07) is 20.7. The summed E-state index contributed by atoms with van der Waals surface area (Å²) in [5.41, 5.74) is 5.75. The molecule has 2 aromatic heterocycles. The fourth-order valence-electron chi connectivity index (χ4n) is 3.23. The summed E-state index contributed by atoms with van der Waals surface area (Å²) in [7, 11) is 0. The van der Waals surface area contributed by atoms with E-state index in [0.29, 0.717) is 6.61 Å². The fraction of sp³-hybridized carbons (Fsp3) is 0.174. The van der Waals surface area contributed by atoms with Crippen molar-refractivity contribution in [2.45, 2.75) is 13.5 Å². The highest BCUT2D eigenvalue weighted by atomic mass is 16.5. The number of nitrogens with zero attached hydrogens (tertiary/aromatic N) is 1. The van der Waals surface area contributed by atoms with Gasteiger partial charge in [0.25, 0.3) is 0 Å². The zero-order valence-corrected chi connectivity index (χ0v) is 15.4. The Labute approximate surface area is 159 Å². The van der Waals surface area contributed by atoms with Crippen LogP contribution in [0.1, 0.15) is 11.3 Å². The van der Waals surface area contributed by atoms with Gasteiger partial charge in [0.1, 0.15) is 12.4 Å². The van der Waals surface area contributed by atoms with Crippen LogP contribution >= 0.6 is 0 Å². The first kappa shape index (κ1) is 17.3. The number of benzene rings is 2. The van der Waals surface area contributed by atoms with Gasteiger partial charge >= 0.3 is 0 Å². The third kappa shape index (κ3) is 4.18. The summed E-state index contributed by atoms with van der Waals surface area (Å²) >= 11 is 0. The van der Waals surface area contributed by atoms with E-state index >= 15 is 0 Å². The average Bonchev–Trinajstić information content (AvgIpc) is 3.10. The monoisotopic (exact) mass is 357 g/mol. The summed E-state index contributed by atoms with van der Waals surface area (Å²) < 4.78 is 5.97. The van der Waals surface area contributed by atoms with E-state index in [1.807, 2.05) is 42.7 Å². The first-order valence-electron chi connectivity index (χ1n) is 9.21. The van der Waals surface area contributed by atoms with Crippen molar-refractivity contribution in [2.24, 2.45) is 0 Å². The Morgan fingerprint density at radius 3 is 2.74 bits per heavy atom. The zero-order chi connectivity index (χ0) is 18.5. The SMILES string of the molecule is Cc1cc2c(OCCNCc3cncc(-c4ccccc4)c3)cccc2[nH]1. The minimum absolute atomic E-state index is 0.620. The molecule has 0 bridgehead atoms. The van der Waals surface area contributed by atoms with E-state index in [9.17, 15) is 0 Å². The quantitative estimate of drug-likeness (QED) is 0.471. The first-order valence-corrected chi connectivity index (χ1v) is 9.21. The molecule has 2 heterocycles. The van der Waals surface area contributed by atoms with E-state index in [2.05, 4.69) is 52.5 Å². The van der Waals surface area contributed by atoms with E-state index in [1.54, 1.807) is 0 Å². The second-order valence-electron chi connectivity index (χ2n) is 6.64. The molecule has 0 aliphatic rings. The Hall–Kier alpha value is -3.11. The van der Waals surface area contributed by atoms with Crippen LogP contribution in [0.5, 0.6) is 5.75 Å². The molecular weight excluding hydrogens is 334 g/mol. The summed E-state index contributed by atoms with van der Waals surface area (Å²) in [5.74, 6) is 0.923. The van der Waals surface area contributed by atoms with Crippen LogP contribution in [0.4, 0.5) is 0 Å². The van der Waals surface area contributed by atoms with E-state index in [0.717, 1.165) is 41.0 Å². The largest absolute Gasteiger partial charge is 0.492 e. The van der Waals surface area contributed by atoms with Gasteiger partial charge in [-0.3, -0.25) is 4.98 Å². The number of H-pyrrole nitrogens is 1. The van der Waals surface area contributed by atoms with Crippen molar-refractivity contribution in [3.05, 3.63) is 84.3 Å². The maximum atomic E-state index is 5.97. The molecule has 0 atom stereocenters. The van der Waals surface area contributed by atoms with Crippen LogP contribution in [0.15, 0.2) is 73.1 Å². The van der Waals surface area contributed by atoms with E-state index in [1.165, 1.54) is 11.1 Å². The van der Waals surface area contributed by atoms with Crippen molar-refractivity contribution in [1.82, 2.24) is 15.3 Å². The number of ether oxygens (including phenoxy) is 1. The average molecular weight is 357 g/mol. The number of hydrogen-bond donors (Lipinski definition) is 2. The van der Waals surface area contributed by atoms with E-state index in [-0.39, 0.29) is 0 Å². The van der Waals surface area contributed by atoms with Crippen LogP contribution in [0.25, 0.3) is 22.0 Å². The summed E-state index contributed by atoms with van der Waals surface area (Å²) in [6.45, 7) is 4.22. The Morgan fingerprint density at radius 1 is 0.963 bits per heavy atom. The zero-order valence-electron chi connectivity index (χ0n) is 15.4. The van der Waals surface area contributed by atoms with Crippen LogP contribution < -0.4 is 10.1 Å². The van der Waals surface area contributed by atoms with E-state index in [4.69, 9.17) is 4.74 Å². The van der Waals surface area contributed by atoms with Crippen LogP contribution in [0, 0.1) is 6.92 Å². The Morgan fingerprint density at radius 2 is 1.85 bits per heavy atom. The van der Waals surface area contributed by atoms with Gasteiger partial charge in [-0.05, 0) is 42.3 Å². The number of hydrogen-bond acceptors (Lipinski definition) is 3. The van der Waals surface area contributed by atoms with Crippen LogP contribution in [0.2, 0.25) is 0 Å². The molecule has 4 aromatic rings. The van der Waals surface area contributed by atoms with Gasteiger partial charge < -0.3 is 15.0 Å². The molecule has 4 nitrogen and oxygen atoms in total. The standard InChI is InChI=1S/C23H23N3O/c1-17-12-21-22(26-17)8-5-9-23(21)27-11-10-24-14-18-13-20(16-25-15-18)19-6-3-2-4-7-19/h2-9,12-13,15-16,24,26H,10-11,14H2,1H3. The molecule has 27 heavy (non-hydrogen) atoms. The number of pyridine rings is 1. The van der Waals surface area contributed by atoms with Crippen LogP contribution in [-0.4, -0.2) is 23.1 Å². The third-order valence-corrected chi connectivity index (χ3v) is 4.53. The van der Waals surface area contributed by atoms with Crippen molar-refractivity contribution in [3.8, 4) is 16.9 Å². The second-order valence-corrected chi connectivity index (χ2v) is 6.64. The highest BCUT2D eigenvalue weighted by molar-refractivity contribution is 5.86. The van der Waals surface area contributed by atoms with Crippen molar-refractivity contribution < 1.29 is 4.74 Å². The maximum absolute atomic E-state index is 5.97. The molecule has 0 aliphatic heterocycles. The predicted molar refractivity (Wildman–Crippen MR) is 110 cm³/mol. The van der Waals surface area contributed by atoms with Gasteiger partial charge in [-0.25, -0.2) is 0 Å². The Kier molecular flexibility index (Phi) is 5.17. The molecule has 0 fully saturated rings. The topological polar surface area (TPSA) is 49.9 Å². The molecule has 0 amide bonds. The molecule has 2 aromatic carbocycles. The van der Waals surface area contributed by atoms with Gasteiger partial charge in [-0.15, -0.1) is 0 Å². The molecule has 0 saturated carbocycles. The minimum Gasteiger partial charge on any atom is -0.492 e. The van der Waals surface area contributed by atoms with Gasteiger partial charge in [-0.1, -0.05) is 36.4 Å². The molecule has 0 aliphatic carbocycles. The lowest BCUT2D eigenvalue weighted by molar-refractivity contribution is 0.317. The van der Waals surface area contributed by atoms with Gasteiger partial charge in [-0.2, -0.15) is 0 Å². The molecule has 4 rings (SSSR count). The highest BCUT2D eigenvalue weighted by Crippen LogP contribution is 2.26. The smallest absolute Gasteiger partial charge is 0.128 e. The maximum Gasteiger partial charge on any atom is 0.128 e. The lowest BCUT2D eigenvalue weighted by Gasteiger charge is -2.09. The number of rotatable bonds is 7. The molecule has 2 N–H and O–H groups in total. The normalized spacial score (nSPS) is 11.0. The van der Waals surface area contributed by atoms with Gasteiger partial charge in [0.15, 0.2) is 0 Å². The summed E-state index contributed by atoms with van der Waals surface area (Å²) in [6.07, 6.45) is 3.81. The number of fused-ring (bicyclic) bond motifs is 1. The molecule has 136 valence electrons. The van der Waals surface area contributed by atoms with Crippen LogP contribution in [-0.2, 0) is 6.54 Å². The van der Waals surface area contributed by atoms with Gasteiger partial charge in [0, 0.05) is 47.6 Å². The third-order valence-electron chi connectivity index (χ3n) is 4.53. The van der Waals surface area contributed by atoms with Crippen LogP contribution in [0.3, 0.4) is 0 Å². The summed E-state index contributed by atoms with van der Waals surface area (Å²) in [5, 5.41) is 4.57. The van der Waals surface area contributed by atoms with Gasteiger partial charge in [0.05, 0.1) is 0 Å². The second kappa shape index (κ2) is 8.06. The number of nitrogens with one attached hydrogen (secondary N) is 2. The number of aromatic amines is 1. The molecule has 0 saturated heterocycles. The fourth-order valence-corrected chi connectivity index (χ4v) is 3.23. The lowest BCUT2D eigenvalue weighted by Crippen LogP contribution is -2.20. The predicted octanol–water partition coefficient (Wildman–Crippen LogP) is 4.71. The highest BCUT2D eigenvalue weighted by Gasteiger charge is 2.04. The first-order chi connectivity index (χ1) is 13.3. The number of aromatic nitrogens is 2. The molecule has 0 radical (unpaired) electrons. The molecule has 0 spiro atoms. The van der Waals surface area contributed by atoms with Crippen molar-refractivity contribution in [3.63, 3.8) is 0 Å². The van der Waals surface area contributed by atoms with Gasteiger partial charge in [0.2, 0.25) is 0 Å². The Balaban J connectivity index is 1.30. The van der Waals surface area contributed by atoms with Crippen molar-refractivity contribution in [2.75, 3.05) is 13.2 Å². The lowest BCUT2D eigenvalue weighted by atomic mass is 10.1. The minimum atomic E-state index is 0.620. The molecule has 4 heteroatoms. The number of aryl methyl sites for hydroxylation is 1.